The van der Waals surface area contributed by atoms with Gasteiger partial charge in [-0.05, 0) is 55.0 Å². The highest BCUT2D eigenvalue weighted by molar-refractivity contribution is 8.27. The second kappa shape index (κ2) is 8.51. The van der Waals surface area contributed by atoms with Gasteiger partial charge in [-0.15, -0.1) is 0 Å². The number of hydrogen-bond acceptors (Lipinski definition) is 5. The first-order chi connectivity index (χ1) is 14.7. The molecule has 1 N–H and O–H groups in total. The number of thiocarbonyl (C=S) groups is 1. The van der Waals surface area contributed by atoms with E-state index in [1.165, 1.54) is 17.0 Å². The molecule has 1 aliphatic rings. The van der Waals surface area contributed by atoms with E-state index in [9.17, 15) is 14.7 Å². The largest absolute Gasteiger partial charge is 0.478 e. The number of nitrogens with zero attached hydrogens (tertiary/aromatic N) is 1. The first-order valence-corrected chi connectivity index (χ1v) is 10.9. The van der Waals surface area contributed by atoms with Gasteiger partial charge in [-0.2, -0.15) is 0 Å². The monoisotopic (exact) mass is 489 g/mol. The predicted molar refractivity (Wildman–Crippen MR) is 128 cm³/mol. The lowest BCUT2D eigenvalue weighted by atomic mass is 10.1. The van der Waals surface area contributed by atoms with Crippen molar-refractivity contribution >= 4 is 75.1 Å². The zero-order valence-corrected chi connectivity index (χ0v) is 19.0. The van der Waals surface area contributed by atoms with Crippen LogP contribution < -0.4 is 4.90 Å². The first-order valence-electron chi connectivity index (χ1n) is 8.92. The quantitative estimate of drug-likeness (QED) is 0.326. The van der Waals surface area contributed by atoms with Crippen LogP contribution in [-0.4, -0.2) is 21.3 Å². The summed E-state index contributed by atoms with van der Waals surface area (Å²) in [5, 5.41) is 10.3. The van der Waals surface area contributed by atoms with E-state index in [1.54, 1.807) is 49.4 Å². The summed E-state index contributed by atoms with van der Waals surface area (Å²) in [4.78, 5) is 26.1. The Kier molecular flexibility index (Phi) is 5.94. The van der Waals surface area contributed by atoms with E-state index >= 15 is 0 Å². The first kappa shape index (κ1) is 21.6. The van der Waals surface area contributed by atoms with Crippen LogP contribution in [-0.2, 0) is 4.79 Å². The van der Waals surface area contributed by atoms with Crippen molar-refractivity contribution in [2.75, 3.05) is 4.90 Å². The molecule has 1 saturated heterocycles. The van der Waals surface area contributed by atoms with Gasteiger partial charge >= 0.3 is 5.97 Å². The fourth-order valence-corrected chi connectivity index (χ4v) is 4.70. The molecule has 0 aliphatic carbocycles. The molecule has 0 spiro atoms. The van der Waals surface area contributed by atoms with Crippen molar-refractivity contribution in [1.82, 2.24) is 0 Å². The molecule has 0 atom stereocenters. The molecule has 9 heteroatoms. The SMILES string of the molecule is Cc1ccc(C(=O)O)cc1N1C(=O)/C(=C/c2ccc(-c3cc(Cl)ccc3Cl)o2)SC1=S. The van der Waals surface area contributed by atoms with E-state index in [-0.39, 0.29) is 11.5 Å². The van der Waals surface area contributed by atoms with Gasteiger partial charge in [-0.25, -0.2) is 4.79 Å². The number of carboxylic acid groups (broad SMARTS) is 1. The van der Waals surface area contributed by atoms with Crippen LogP contribution in [0.2, 0.25) is 10.0 Å². The van der Waals surface area contributed by atoms with Gasteiger partial charge in [0.15, 0.2) is 4.32 Å². The molecule has 4 rings (SSSR count). The highest BCUT2D eigenvalue weighted by Gasteiger charge is 2.34. The number of carbonyl (C=O) groups is 2. The Morgan fingerprint density at radius 3 is 2.68 bits per heavy atom. The third kappa shape index (κ3) is 4.27. The van der Waals surface area contributed by atoms with Crippen LogP contribution in [0.1, 0.15) is 21.7 Å². The Morgan fingerprint density at radius 2 is 1.94 bits per heavy atom. The normalized spacial score (nSPS) is 15.2. The number of carbonyl (C=O) groups excluding carboxylic acids is 1. The van der Waals surface area contributed by atoms with E-state index in [2.05, 4.69) is 0 Å². The maximum Gasteiger partial charge on any atom is 0.335 e. The zero-order chi connectivity index (χ0) is 22.3. The maximum absolute atomic E-state index is 13.1. The molecule has 5 nitrogen and oxygen atoms in total. The standard InChI is InChI=1S/C22H13Cl2NO4S2/c1-11-2-3-12(21(27)28)8-17(11)25-20(26)19(31-22(25)30)10-14-5-7-18(29-14)15-9-13(23)4-6-16(15)24/h2-10H,1H3,(H,27,28)/b19-10-. The summed E-state index contributed by atoms with van der Waals surface area (Å²) in [6.07, 6.45) is 1.59. The fraction of sp³-hybridized carbons (Fsp3) is 0.0455. The number of amides is 1. The topological polar surface area (TPSA) is 70.8 Å². The lowest BCUT2D eigenvalue weighted by Crippen LogP contribution is -2.28. The van der Waals surface area contributed by atoms with Crippen molar-refractivity contribution in [3.05, 3.63) is 80.4 Å². The summed E-state index contributed by atoms with van der Waals surface area (Å²) < 4.78 is 6.15. The van der Waals surface area contributed by atoms with Gasteiger partial charge in [0.25, 0.3) is 5.91 Å². The highest BCUT2D eigenvalue weighted by Crippen LogP contribution is 2.38. The Balaban J connectivity index is 1.66. The van der Waals surface area contributed by atoms with Gasteiger partial charge in [-0.3, -0.25) is 9.69 Å². The van der Waals surface area contributed by atoms with E-state index in [4.69, 9.17) is 39.8 Å². The number of aromatic carboxylic acids is 1. The van der Waals surface area contributed by atoms with E-state index < -0.39 is 5.97 Å². The number of halogens is 2. The van der Waals surface area contributed by atoms with Crippen LogP contribution in [0.15, 0.2) is 57.9 Å². The summed E-state index contributed by atoms with van der Waals surface area (Å²) in [5.41, 5.74) is 1.89. The average molecular weight is 490 g/mol. The summed E-state index contributed by atoms with van der Waals surface area (Å²) >= 11 is 18.8. The molecule has 2 heterocycles. The minimum absolute atomic E-state index is 0.0766. The minimum Gasteiger partial charge on any atom is -0.478 e. The number of hydrogen-bond donors (Lipinski definition) is 1. The third-order valence-electron chi connectivity index (χ3n) is 4.58. The molecule has 1 aromatic heterocycles. The van der Waals surface area contributed by atoms with Crippen LogP contribution in [0.3, 0.4) is 0 Å². The summed E-state index contributed by atoms with van der Waals surface area (Å²) in [6, 6.07) is 13.1. The molecular formula is C22H13Cl2NO4S2. The Bertz CT molecular complexity index is 1280. The second-order valence-electron chi connectivity index (χ2n) is 6.65. The summed E-state index contributed by atoms with van der Waals surface area (Å²) in [5.74, 6) is -0.466. The smallest absolute Gasteiger partial charge is 0.335 e. The van der Waals surface area contributed by atoms with Crippen LogP contribution in [0, 0.1) is 6.92 Å². The second-order valence-corrected chi connectivity index (χ2v) is 9.17. The number of furan rings is 1. The molecule has 0 unspecified atom stereocenters. The van der Waals surface area contributed by atoms with E-state index in [0.717, 1.165) is 17.3 Å². The van der Waals surface area contributed by atoms with Crippen LogP contribution in [0.4, 0.5) is 5.69 Å². The fourth-order valence-electron chi connectivity index (χ4n) is 3.05. The van der Waals surface area contributed by atoms with Gasteiger partial charge in [-0.1, -0.05) is 53.2 Å². The summed E-state index contributed by atoms with van der Waals surface area (Å²) in [6.45, 7) is 1.79. The average Bonchev–Trinajstić information content (AvgIpc) is 3.29. The highest BCUT2D eigenvalue weighted by atomic mass is 35.5. The van der Waals surface area contributed by atoms with Gasteiger partial charge in [0.2, 0.25) is 0 Å². The van der Waals surface area contributed by atoms with E-state index in [1.807, 2.05) is 0 Å². The lowest BCUT2D eigenvalue weighted by Gasteiger charge is -2.17. The molecule has 2 aromatic carbocycles. The number of benzene rings is 2. The zero-order valence-electron chi connectivity index (χ0n) is 15.9. The molecule has 1 fully saturated rings. The van der Waals surface area contributed by atoms with Crippen LogP contribution in [0.5, 0.6) is 0 Å². The Hall–Kier alpha value is -2.58. The van der Waals surface area contributed by atoms with Crippen LogP contribution >= 0.6 is 47.2 Å². The van der Waals surface area contributed by atoms with Crippen molar-refractivity contribution in [2.24, 2.45) is 0 Å². The number of carboxylic acids is 1. The number of rotatable bonds is 4. The Labute approximate surface area is 197 Å². The molecule has 0 saturated carbocycles. The summed E-state index contributed by atoms with van der Waals surface area (Å²) in [7, 11) is 0. The van der Waals surface area contributed by atoms with Gasteiger partial charge in [0.05, 0.1) is 21.2 Å². The molecular weight excluding hydrogens is 477 g/mol. The van der Waals surface area contributed by atoms with Crippen molar-refractivity contribution in [3.63, 3.8) is 0 Å². The number of anilines is 1. The van der Waals surface area contributed by atoms with Gasteiger partial charge < -0.3 is 9.52 Å². The predicted octanol–water partition coefficient (Wildman–Crippen LogP) is 6.67. The van der Waals surface area contributed by atoms with Crippen molar-refractivity contribution < 1.29 is 19.1 Å². The molecule has 156 valence electrons. The van der Waals surface area contributed by atoms with Crippen molar-refractivity contribution in [2.45, 2.75) is 6.92 Å². The van der Waals surface area contributed by atoms with E-state index in [0.29, 0.717) is 42.0 Å². The number of thioether (sulfide) groups is 1. The van der Waals surface area contributed by atoms with Gasteiger partial charge in [0.1, 0.15) is 11.5 Å². The van der Waals surface area contributed by atoms with Gasteiger partial charge in [0, 0.05) is 16.7 Å². The van der Waals surface area contributed by atoms with Crippen molar-refractivity contribution in [1.29, 1.82) is 0 Å². The lowest BCUT2D eigenvalue weighted by molar-refractivity contribution is -0.113. The maximum atomic E-state index is 13.1. The molecule has 1 amide bonds. The molecule has 0 bridgehead atoms. The minimum atomic E-state index is -1.08. The Morgan fingerprint density at radius 1 is 1.16 bits per heavy atom. The molecule has 1 aliphatic heterocycles. The third-order valence-corrected chi connectivity index (χ3v) is 6.45. The van der Waals surface area contributed by atoms with Crippen molar-refractivity contribution in [3.8, 4) is 11.3 Å². The number of aryl methyl sites for hydroxylation is 1. The molecule has 31 heavy (non-hydrogen) atoms. The molecule has 3 aromatic rings. The van der Waals surface area contributed by atoms with Crippen LogP contribution in [0.25, 0.3) is 17.4 Å². The molecule has 0 radical (unpaired) electrons.